The van der Waals surface area contributed by atoms with Crippen LogP contribution in [0.5, 0.6) is 5.75 Å². The Bertz CT molecular complexity index is 1500. The molecule has 0 bridgehead atoms. The molecule has 1 aliphatic rings. The van der Waals surface area contributed by atoms with Crippen LogP contribution in [0, 0.1) is 10.1 Å². The van der Waals surface area contributed by atoms with Crippen molar-refractivity contribution in [3.05, 3.63) is 62.6 Å². The molecule has 0 atom stereocenters. The molecule has 0 unspecified atom stereocenters. The maximum Gasteiger partial charge on any atom is 0.420 e. The Hall–Kier alpha value is -4.04. The number of ketones is 1. The van der Waals surface area contributed by atoms with Crippen molar-refractivity contribution in [2.75, 3.05) is 32.8 Å². The van der Waals surface area contributed by atoms with Crippen molar-refractivity contribution < 1.29 is 32.1 Å². The molecule has 36 heavy (non-hydrogen) atoms. The van der Waals surface area contributed by atoms with E-state index in [2.05, 4.69) is 0 Å². The molecule has 1 amide bonds. The standard InChI is InChI=1S/C22H22N4O9S/c1-2-34-20-6-3-15(11-18(20)26(30)31)19(28)13-25-17-5-4-16(12-21(17)35-22(25)29)36(32,33)24-9-7-23(14-27)8-10-24/h3-6,11-12,14H,2,7-10,13H2,1H3. The summed E-state index contributed by atoms with van der Waals surface area (Å²) in [6.07, 6.45) is 0.667. The van der Waals surface area contributed by atoms with Crippen LogP contribution in [0.3, 0.4) is 0 Å². The maximum absolute atomic E-state index is 13.0. The summed E-state index contributed by atoms with van der Waals surface area (Å²) in [4.78, 5) is 48.3. The zero-order valence-corrected chi connectivity index (χ0v) is 20.0. The van der Waals surface area contributed by atoms with Gasteiger partial charge in [-0.2, -0.15) is 4.31 Å². The minimum atomic E-state index is -3.90. The first kappa shape index (κ1) is 25.1. The van der Waals surface area contributed by atoms with Gasteiger partial charge >= 0.3 is 11.4 Å². The number of oxazole rings is 1. The molecule has 1 fully saturated rings. The minimum absolute atomic E-state index is 0.0000625. The van der Waals surface area contributed by atoms with E-state index in [-0.39, 0.29) is 65.8 Å². The first-order valence-electron chi connectivity index (χ1n) is 10.9. The number of carbonyl (C=O) groups excluding carboxylic acids is 2. The van der Waals surface area contributed by atoms with Crippen LogP contribution in [0.2, 0.25) is 0 Å². The van der Waals surface area contributed by atoms with E-state index in [0.717, 1.165) is 10.6 Å². The van der Waals surface area contributed by atoms with Crippen LogP contribution in [0.25, 0.3) is 11.1 Å². The van der Waals surface area contributed by atoms with Gasteiger partial charge < -0.3 is 14.1 Å². The van der Waals surface area contributed by atoms with Gasteiger partial charge in [0.15, 0.2) is 17.1 Å². The molecule has 0 saturated carbocycles. The van der Waals surface area contributed by atoms with Crippen LogP contribution in [0.15, 0.2) is 50.5 Å². The molecular formula is C22H22N4O9S. The predicted molar refractivity (Wildman–Crippen MR) is 125 cm³/mol. The van der Waals surface area contributed by atoms with Gasteiger partial charge in [-0.3, -0.25) is 24.3 Å². The number of nitro groups is 1. The second-order valence-electron chi connectivity index (χ2n) is 7.92. The number of piperazine rings is 1. The van der Waals surface area contributed by atoms with Crippen molar-refractivity contribution in [3.63, 3.8) is 0 Å². The molecule has 190 valence electrons. The van der Waals surface area contributed by atoms with Gasteiger partial charge in [0.2, 0.25) is 16.4 Å². The van der Waals surface area contributed by atoms with Crippen LogP contribution in [-0.4, -0.2) is 72.1 Å². The number of aromatic nitrogens is 1. The van der Waals surface area contributed by atoms with Crippen molar-refractivity contribution in [2.45, 2.75) is 18.4 Å². The van der Waals surface area contributed by atoms with E-state index < -0.39 is 33.0 Å². The molecule has 3 aromatic rings. The Balaban J connectivity index is 1.60. The van der Waals surface area contributed by atoms with E-state index in [4.69, 9.17) is 9.15 Å². The number of rotatable bonds is 9. The molecule has 0 aliphatic carbocycles. The fourth-order valence-corrected chi connectivity index (χ4v) is 5.34. The van der Waals surface area contributed by atoms with E-state index in [1.54, 1.807) is 6.92 Å². The van der Waals surface area contributed by atoms with Gasteiger partial charge in [-0.05, 0) is 31.2 Å². The van der Waals surface area contributed by atoms with E-state index in [1.165, 1.54) is 39.5 Å². The number of sulfonamides is 1. The Morgan fingerprint density at radius 1 is 1.17 bits per heavy atom. The third kappa shape index (κ3) is 4.72. The topological polar surface area (TPSA) is 162 Å². The monoisotopic (exact) mass is 518 g/mol. The Morgan fingerprint density at radius 3 is 2.53 bits per heavy atom. The smallest absolute Gasteiger partial charge is 0.420 e. The number of nitro benzene ring substituents is 1. The average molecular weight is 519 g/mol. The molecule has 0 radical (unpaired) electrons. The van der Waals surface area contributed by atoms with Crippen molar-refractivity contribution in [2.24, 2.45) is 0 Å². The predicted octanol–water partition coefficient (Wildman–Crippen LogP) is 1.25. The molecule has 1 saturated heterocycles. The summed E-state index contributed by atoms with van der Waals surface area (Å²) < 4.78 is 38.7. The minimum Gasteiger partial charge on any atom is -0.487 e. The molecule has 1 aliphatic heterocycles. The highest BCUT2D eigenvalue weighted by Crippen LogP contribution is 2.29. The molecule has 0 spiro atoms. The number of benzene rings is 2. The van der Waals surface area contributed by atoms with Crippen LogP contribution < -0.4 is 10.5 Å². The molecule has 14 heteroatoms. The lowest BCUT2D eigenvalue weighted by atomic mass is 10.1. The summed E-state index contributed by atoms with van der Waals surface area (Å²) in [7, 11) is -3.90. The number of hydrogen-bond donors (Lipinski definition) is 0. The summed E-state index contributed by atoms with van der Waals surface area (Å²) in [5.41, 5.74) is -0.215. The highest BCUT2D eigenvalue weighted by atomic mass is 32.2. The third-order valence-corrected chi connectivity index (χ3v) is 7.67. The molecular weight excluding hydrogens is 496 g/mol. The van der Waals surface area contributed by atoms with Gasteiger partial charge in [-0.1, -0.05) is 0 Å². The van der Waals surface area contributed by atoms with Crippen LogP contribution in [0.1, 0.15) is 17.3 Å². The van der Waals surface area contributed by atoms with Gasteiger partial charge in [0.05, 0.1) is 28.5 Å². The number of nitrogens with zero attached hydrogens (tertiary/aromatic N) is 4. The number of Topliss-reactive ketones (excluding diaryl/α,β-unsaturated/α-hetero) is 1. The number of amides is 1. The van der Waals surface area contributed by atoms with Gasteiger partial charge in [0.25, 0.3) is 0 Å². The molecule has 1 aromatic heterocycles. The molecule has 13 nitrogen and oxygen atoms in total. The lowest BCUT2D eigenvalue weighted by molar-refractivity contribution is -0.385. The SMILES string of the molecule is CCOc1ccc(C(=O)Cn2c(=O)oc3cc(S(=O)(=O)N4CCN(C=O)CC4)ccc32)cc1[N+](=O)[O-]. The highest BCUT2D eigenvalue weighted by molar-refractivity contribution is 7.89. The van der Waals surface area contributed by atoms with E-state index in [1.807, 2.05) is 0 Å². The first-order valence-corrected chi connectivity index (χ1v) is 12.4. The molecule has 2 heterocycles. The third-order valence-electron chi connectivity index (χ3n) is 5.78. The van der Waals surface area contributed by atoms with Gasteiger partial charge in [0, 0.05) is 43.9 Å². The van der Waals surface area contributed by atoms with Gasteiger partial charge in [0.1, 0.15) is 0 Å². The quantitative estimate of drug-likeness (QED) is 0.176. The number of fused-ring (bicyclic) bond motifs is 1. The lowest BCUT2D eigenvalue weighted by Gasteiger charge is -2.31. The summed E-state index contributed by atoms with van der Waals surface area (Å²) >= 11 is 0. The normalized spacial score (nSPS) is 14.6. The maximum atomic E-state index is 13.0. The van der Waals surface area contributed by atoms with Gasteiger partial charge in [-0.15, -0.1) is 0 Å². The number of hydrogen-bond acceptors (Lipinski definition) is 9. The highest BCUT2D eigenvalue weighted by Gasteiger charge is 2.29. The largest absolute Gasteiger partial charge is 0.487 e. The Labute approximate surface area is 204 Å². The van der Waals surface area contributed by atoms with E-state index in [0.29, 0.717) is 6.41 Å². The van der Waals surface area contributed by atoms with E-state index >= 15 is 0 Å². The fourth-order valence-electron chi connectivity index (χ4n) is 3.90. The second kappa shape index (κ2) is 9.91. The van der Waals surface area contributed by atoms with Crippen molar-refractivity contribution in [1.82, 2.24) is 13.8 Å². The summed E-state index contributed by atoms with van der Waals surface area (Å²) in [6.45, 7) is 2.20. The lowest BCUT2D eigenvalue weighted by Crippen LogP contribution is -2.47. The van der Waals surface area contributed by atoms with E-state index in [9.17, 15) is 32.9 Å². The average Bonchev–Trinajstić information content (AvgIpc) is 3.18. The molecule has 2 aromatic carbocycles. The number of carbonyl (C=O) groups is 2. The first-order chi connectivity index (χ1) is 17.1. The zero-order chi connectivity index (χ0) is 26.0. The summed E-state index contributed by atoms with van der Waals surface area (Å²) in [5, 5.41) is 11.3. The fraction of sp³-hybridized carbons (Fsp3) is 0.318. The summed E-state index contributed by atoms with van der Waals surface area (Å²) in [6, 6.07) is 7.64. The van der Waals surface area contributed by atoms with Crippen LogP contribution in [0.4, 0.5) is 5.69 Å². The number of ether oxygens (including phenoxy) is 1. The van der Waals surface area contributed by atoms with Crippen LogP contribution in [-0.2, 0) is 21.4 Å². The van der Waals surface area contributed by atoms with Gasteiger partial charge in [-0.25, -0.2) is 13.2 Å². The van der Waals surface area contributed by atoms with Crippen molar-refractivity contribution in [3.8, 4) is 5.75 Å². The van der Waals surface area contributed by atoms with Crippen LogP contribution >= 0.6 is 0 Å². The second-order valence-corrected chi connectivity index (χ2v) is 9.86. The molecule has 0 N–H and O–H groups in total. The zero-order valence-electron chi connectivity index (χ0n) is 19.2. The van der Waals surface area contributed by atoms with Crippen molar-refractivity contribution in [1.29, 1.82) is 0 Å². The Morgan fingerprint density at radius 2 is 1.89 bits per heavy atom. The molecule has 4 rings (SSSR count). The summed E-state index contributed by atoms with van der Waals surface area (Å²) in [5.74, 6) is -1.45. The Kier molecular flexibility index (Phi) is 6.90. The van der Waals surface area contributed by atoms with Crippen molar-refractivity contribution >= 4 is 39.0 Å².